The van der Waals surface area contributed by atoms with Gasteiger partial charge in [-0.05, 0) is 19.9 Å². The largest absolute Gasteiger partial charge is 0.294 e. The van der Waals surface area contributed by atoms with Crippen LogP contribution in [0.15, 0.2) is 11.6 Å². The zero-order chi connectivity index (χ0) is 6.57. The fraction of sp³-hybridized carbons (Fsp3) is 0.333. The normalized spacial score (nSPS) is 7.75. The van der Waals surface area contributed by atoms with Crippen LogP contribution in [-0.4, -0.2) is 12.1 Å². The minimum absolute atomic E-state index is 0.299. The molecule has 0 aromatic carbocycles. The van der Waals surface area contributed by atoms with E-state index in [1.165, 1.54) is 6.08 Å². The second kappa shape index (κ2) is 3.13. The summed E-state index contributed by atoms with van der Waals surface area (Å²) in [7, 11) is 0. The first-order valence-electron chi connectivity index (χ1n) is 2.31. The van der Waals surface area contributed by atoms with Gasteiger partial charge in [-0.25, -0.2) is 0 Å². The van der Waals surface area contributed by atoms with Crippen LogP contribution in [0.1, 0.15) is 13.8 Å². The minimum Gasteiger partial charge on any atom is -0.294 e. The zero-order valence-corrected chi connectivity index (χ0v) is 4.97. The van der Waals surface area contributed by atoms with Gasteiger partial charge in [0.05, 0.1) is 0 Å². The van der Waals surface area contributed by atoms with E-state index < -0.39 is 5.78 Å². The van der Waals surface area contributed by atoms with E-state index in [2.05, 4.69) is 0 Å². The van der Waals surface area contributed by atoms with E-state index in [4.69, 9.17) is 0 Å². The summed E-state index contributed by atoms with van der Waals surface area (Å²) in [5.41, 5.74) is 0.849. The lowest BCUT2D eigenvalue weighted by molar-refractivity contribution is -0.126. The third-order valence-corrected chi connectivity index (χ3v) is 0.547. The molecule has 0 fully saturated rings. The zero-order valence-electron chi connectivity index (χ0n) is 4.97. The Kier molecular flexibility index (Phi) is 2.77. The van der Waals surface area contributed by atoms with Gasteiger partial charge in [0.15, 0.2) is 6.29 Å². The molecule has 0 saturated heterocycles. The van der Waals surface area contributed by atoms with Crippen LogP contribution in [0.25, 0.3) is 0 Å². The molecule has 0 aromatic rings. The summed E-state index contributed by atoms with van der Waals surface area (Å²) < 4.78 is 0. The van der Waals surface area contributed by atoms with Crippen molar-refractivity contribution in [3.8, 4) is 0 Å². The second-order valence-corrected chi connectivity index (χ2v) is 1.74. The molecule has 2 nitrogen and oxygen atoms in total. The molecule has 0 aromatic heterocycles. The van der Waals surface area contributed by atoms with E-state index >= 15 is 0 Å². The van der Waals surface area contributed by atoms with E-state index in [9.17, 15) is 9.59 Å². The Bertz CT molecular complexity index is 129. The summed E-state index contributed by atoms with van der Waals surface area (Å²) >= 11 is 0. The van der Waals surface area contributed by atoms with Gasteiger partial charge in [0, 0.05) is 0 Å². The van der Waals surface area contributed by atoms with Gasteiger partial charge in [0.25, 0.3) is 0 Å². The molecule has 0 rings (SSSR count). The van der Waals surface area contributed by atoms with Crippen LogP contribution < -0.4 is 0 Å². The predicted octanol–water partition coefficient (Wildman–Crippen LogP) is 0.721. The maximum atomic E-state index is 10.2. The molecule has 0 aliphatic heterocycles. The van der Waals surface area contributed by atoms with Gasteiger partial charge < -0.3 is 0 Å². The minimum atomic E-state index is -0.468. The van der Waals surface area contributed by atoms with Crippen LogP contribution in [0.2, 0.25) is 0 Å². The van der Waals surface area contributed by atoms with Gasteiger partial charge in [-0.3, -0.25) is 9.59 Å². The van der Waals surface area contributed by atoms with Crippen LogP contribution in [0.5, 0.6) is 0 Å². The Hall–Kier alpha value is -0.920. The smallest absolute Gasteiger partial charge is 0.218 e. The van der Waals surface area contributed by atoms with Crippen molar-refractivity contribution in [1.29, 1.82) is 0 Å². The van der Waals surface area contributed by atoms with Gasteiger partial charge in [0.1, 0.15) is 0 Å². The van der Waals surface area contributed by atoms with Gasteiger partial charge in [-0.2, -0.15) is 0 Å². The number of carbonyl (C=O) groups excluding carboxylic acids is 2. The molecule has 0 bridgehead atoms. The van der Waals surface area contributed by atoms with Crippen molar-refractivity contribution in [3.63, 3.8) is 0 Å². The topological polar surface area (TPSA) is 34.1 Å². The number of hydrogen-bond donors (Lipinski definition) is 0. The molecule has 0 atom stereocenters. The maximum Gasteiger partial charge on any atom is 0.218 e. The molecule has 0 N–H and O–H groups in total. The molecular formula is C6H8O2. The van der Waals surface area contributed by atoms with Crippen LogP contribution in [0.4, 0.5) is 0 Å². The SMILES string of the molecule is CC(C)=CC(=O)C=O. The molecule has 0 radical (unpaired) electrons. The Balaban J connectivity index is 3.89. The fourth-order valence-electron chi connectivity index (χ4n) is 0.319. The molecular weight excluding hydrogens is 104 g/mol. The van der Waals surface area contributed by atoms with E-state index in [0.29, 0.717) is 6.29 Å². The maximum absolute atomic E-state index is 10.2. The van der Waals surface area contributed by atoms with Gasteiger partial charge in [0.2, 0.25) is 5.78 Å². The van der Waals surface area contributed by atoms with Crippen LogP contribution in [0.3, 0.4) is 0 Å². The van der Waals surface area contributed by atoms with Crippen molar-refractivity contribution in [2.24, 2.45) is 0 Å². The number of hydrogen-bond acceptors (Lipinski definition) is 2. The summed E-state index contributed by atoms with van der Waals surface area (Å²) in [6.07, 6.45) is 1.60. The van der Waals surface area contributed by atoms with Crippen molar-refractivity contribution in [2.45, 2.75) is 13.8 Å². The fourth-order valence-corrected chi connectivity index (χ4v) is 0.319. The quantitative estimate of drug-likeness (QED) is 0.299. The summed E-state index contributed by atoms with van der Waals surface area (Å²) in [6, 6.07) is 0. The van der Waals surface area contributed by atoms with E-state index in [-0.39, 0.29) is 0 Å². The lowest BCUT2D eigenvalue weighted by Gasteiger charge is -1.80. The van der Waals surface area contributed by atoms with Crippen LogP contribution in [0, 0.1) is 0 Å². The molecule has 0 amide bonds. The van der Waals surface area contributed by atoms with Crippen molar-refractivity contribution in [1.82, 2.24) is 0 Å². The Morgan fingerprint density at radius 2 is 1.88 bits per heavy atom. The van der Waals surface area contributed by atoms with E-state index in [1.807, 2.05) is 0 Å². The average Bonchev–Trinajstić information content (AvgIpc) is 1.65. The van der Waals surface area contributed by atoms with Gasteiger partial charge in [-0.15, -0.1) is 0 Å². The van der Waals surface area contributed by atoms with Crippen LogP contribution >= 0.6 is 0 Å². The first-order valence-corrected chi connectivity index (χ1v) is 2.31. The first-order chi connectivity index (χ1) is 3.66. The molecule has 0 aliphatic carbocycles. The third-order valence-electron chi connectivity index (χ3n) is 0.547. The van der Waals surface area contributed by atoms with Crippen molar-refractivity contribution >= 4 is 12.1 Å². The highest BCUT2D eigenvalue weighted by atomic mass is 16.2. The first kappa shape index (κ1) is 7.08. The van der Waals surface area contributed by atoms with Crippen molar-refractivity contribution < 1.29 is 9.59 Å². The molecule has 0 aliphatic rings. The Morgan fingerprint density at radius 1 is 1.38 bits per heavy atom. The third kappa shape index (κ3) is 3.28. The molecule has 0 unspecified atom stereocenters. The second-order valence-electron chi connectivity index (χ2n) is 1.74. The van der Waals surface area contributed by atoms with Crippen LogP contribution in [-0.2, 0) is 9.59 Å². The Morgan fingerprint density at radius 3 is 2.00 bits per heavy atom. The molecule has 0 saturated carbocycles. The molecule has 2 heteroatoms. The molecule has 0 spiro atoms. The number of carbonyl (C=O) groups is 2. The molecule has 0 heterocycles. The number of aldehydes is 1. The summed E-state index contributed by atoms with van der Waals surface area (Å²) in [6.45, 7) is 3.53. The number of rotatable bonds is 2. The highest BCUT2D eigenvalue weighted by Gasteiger charge is 1.88. The van der Waals surface area contributed by atoms with E-state index in [1.54, 1.807) is 13.8 Å². The van der Waals surface area contributed by atoms with Crippen molar-refractivity contribution in [3.05, 3.63) is 11.6 Å². The molecule has 44 valence electrons. The van der Waals surface area contributed by atoms with E-state index in [0.717, 1.165) is 5.57 Å². The average molecular weight is 112 g/mol. The summed E-state index contributed by atoms with van der Waals surface area (Å²) in [5, 5.41) is 0. The predicted molar refractivity (Wildman–Crippen MR) is 30.5 cm³/mol. The van der Waals surface area contributed by atoms with Crippen molar-refractivity contribution in [2.75, 3.05) is 0 Å². The lowest BCUT2D eigenvalue weighted by atomic mass is 10.3. The van der Waals surface area contributed by atoms with Gasteiger partial charge in [-0.1, -0.05) is 5.57 Å². The summed E-state index contributed by atoms with van der Waals surface area (Å²) in [4.78, 5) is 19.8. The number of allylic oxidation sites excluding steroid dienone is 2. The summed E-state index contributed by atoms with van der Waals surface area (Å²) in [5.74, 6) is -0.468. The standard InChI is InChI=1S/C6H8O2/c1-5(2)3-6(8)4-7/h3-4H,1-2H3. The lowest BCUT2D eigenvalue weighted by Crippen LogP contribution is -1.92. The highest BCUT2D eigenvalue weighted by molar-refractivity contribution is 6.30. The molecule has 8 heavy (non-hydrogen) atoms. The monoisotopic (exact) mass is 112 g/mol. The highest BCUT2D eigenvalue weighted by Crippen LogP contribution is 1.85. The Labute approximate surface area is 48.2 Å². The number of ketones is 1. The van der Waals surface area contributed by atoms with Gasteiger partial charge >= 0.3 is 0 Å².